The Hall–Kier alpha value is -4.46. The summed E-state index contributed by atoms with van der Waals surface area (Å²) in [6, 6.07) is 15.8. The molecule has 0 aliphatic rings. The Morgan fingerprint density at radius 2 is 1.91 bits per heavy atom. The molecule has 5 aromatic rings. The number of anilines is 1. The van der Waals surface area contributed by atoms with Gasteiger partial charge in [0.1, 0.15) is 11.4 Å². The molecular formula is C26H20FN3O4. The van der Waals surface area contributed by atoms with Crippen molar-refractivity contribution in [1.29, 1.82) is 0 Å². The van der Waals surface area contributed by atoms with Crippen LogP contribution in [0.5, 0.6) is 0 Å². The molecule has 34 heavy (non-hydrogen) atoms. The highest BCUT2D eigenvalue weighted by Gasteiger charge is 2.19. The molecule has 0 spiro atoms. The van der Waals surface area contributed by atoms with E-state index in [-0.39, 0.29) is 16.9 Å². The highest BCUT2D eigenvalue weighted by Crippen LogP contribution is 2.30. The van der Waals surface area contributed by atoms with Crippen LogP contribution in [0.25, 0.3) is 27.8 Å². The van der Waals surface area contributed by atoms with Crippen LogP contribution in [0.4, 0.5) is 10.1 Å². The molecule has 7 nitrogen and oxygen atoms in total. The Balaban J connectivity index is 1.67. The van der Waals surface area contributed by atoms with Crippen molar-refractivity contribution in [3.05, 3.63) is 99.6 Å². The maximum Gasteiger partial charge on any atom is 0.337 e. The number of nitrogens with zero attached hydrogens (tertiary/aromatic N) is 2. The van der Waals surface area contributed by atoms with Gasteiger partial charge in [-0.15, -0.1) is 0 Å². The minimum absolute atomic E-state index is 0.137. The third-order valence-corrected chi connectivity index (χ3v) is 5.75. The molecular weight excluding hydrogens is 437 g/mol. The Morgan fingerprint density at radius 1 is 1.12 bits per heavy atom. The standard InChI is InChI=1S/C26H20FN3O4/c1-14-10-17(15(2)29-21-8-4-3-6-16(21)26(32)33)25-18(11-14)23(31)12-24(34-25)30-22-9-5-7-20(27)19(22)13-28-30/h3-13,15,29H,1-2H3,(H,32,33). The maximum atomic E-state index is 14.2. The molecule has 0 radical (unpaired) electrons. The van der Waals surface area contributed by atoms with E-state index in [4.69, 9.17) is 4.42 Å². The lowest BCUT2D eigenvalue weighted by atomic mass is 10.0. The van der Waals surface area contributed by atoms with Crippen LogP contribution in [-0.2, 0) is 0 Å². The van der Waals surface area contributed by atoms with E-state index in [1.54, 1.807) is 36.4 Å². The quantitative estimate of drug-likeness (QED) is 0.364. The van der Waals surface area contributed by atoms with E-state index >= 15 is 0 Å². The number of carboxylic acids is 1. The summed E-state index contributed by atoms with van der Waals surface area (Å²) < 4.78 is 21.7. The van der Waals surface area contributed by atoms with Crippen molar-refractivity contribution in [2.75, 3.05) is 5.32 Å². The number of aromatic nitrogens is 2. The average molecular weight is 457 g/mol. The average Bonchev–Trinajstić information content (AvgIpc) is 3.25. The summed E-state index contributed by atoms with van der Waals surface area (Å²) in [6.07, 6.45) is 1.39. The largest absolute Gasteiger partial charge is 0.478 e. The molecule has 170 valence electrons. The second-order valence-electron chi connectivity index (χ2n) is 8.13. The van der Waals surface area contributed by atoms with Crippen molar-refractivity contribution in [2.45, 2.75) is 19.9 Å². The number of carbonyl (C=O) groups is 1. The molecule has 0 aliphatic carbocycles. The minimum atomic E-state index is -1.05. The SMILES string of the molecule is Cc1cc(C(C)Nc2ccccc2C(=O)O)c2oc(-n3ncc4c(F)cccc43)cc(=O)c2c1. The summed E-state index contributed by atoms with van der Waals surface area (Å²) in [5.41, 5.74) is 2.67. The predicted molar refractivity (Wildman–Crippen MR) is 127 cm³/mol. The summed E-state index contributed by atoms with van der Waals surface area (Å²) in [6.45, 7) is 3.73. The first-order chi connectivity index (χ1) is 16.3. The van der Waals surface area contributed by atoms with Gasteiger partial charge in [0.25, 0.3) is 0 Å². The molecule has 0 aliphatic heterocycles. The number of carboxylic acid groups (broad SMARTS) is 1. The number of benzene rings is 3. The van der Waals surface area contributed by atoms with Gasteiger partial charge >= 0.3 is 5.97 Å². The Morgan fingerprint density at radius 3 is 2.71 bits per heavy atom. The van der Waals surface area contributed by atoms with Gasteiger partial charge in [-0.05, 0) is 49.7 Å². The van der Waals surface area contributed by atoms with Crippen LogP contribution in [0.3, 0.4) is 0 Å². The zero-order valence-corrected chi connectivity index (χ0v) is 18.4. The third-order valence-electron chi connectivity index (χ3n) is 5.75. The molecule has 0 saturated carbocycles. The van der Waals surface area contributed by atoms with Crippen molar-refractivity contribution in [2.24, 2.45) is 0 Å². The van der Waals surface area contributed by atoms with Crippen LogP contribution >= 0.6 is 0 Å². The fraction of sp³-hybridized carbons (Fsp3) is 0.115. The van der Waals surface area contributed by atoms with E-state index in [1.807, 2.05) is 19.9 Å². The number of nitrogens with one attached hydrogen (secondary N) is 1. The second-order valence-corrected chi connectivity index (χ2v) is 8.13. The number of aromatic carboxylic acids is 1. The fourth-order valence-electron chi connectivity index (χ4n) is 4.15. The summed E-state index contributed by atoms with van der Waals surface area (Å²) >= 11 is 0. The van der Waals surface area contributed by atoms with Crippen molar-refractivity contribution < 1.29 is 18.7 Å². The van der Waals surface area contributed by atoms with Crippen LogP contribution < -0.4 is 10.7 Å². The number of halogens is 1. The van der Waals surface area contributed by atoms with Gasteiger partial charge in [0, 0.05) is 17.3 Å². The van der Waals surface area contributed by atoms with Gasteiger partial charge in [0.05, 0.1) is 34.1 Å². The Bertz CT molecular complexity index is 1640. The van der Waals surface area contributed by atoms with Gasteiger partial charge in [-0.2, -0.15) is 9.78 Å². The van der Waals surface area contributed by atoms with Gasteiger partial charge < -0.3 is 14.8 Å². The lowest BCUT2D eigenvalue weighted by Crippen LogP contribution is -2.13. The van der Waals surface area contributed by atoms with E-state index in [9.17, 15) is 19.1 Å². The van der Waals surface area contributed by atoms with Crippen LogP contribution in [0.2, 0.25) is 0 Å². The molecule has 1 unspecified atom stereocenters. The lowest BCUT2D eigenvalue weighted by Gasteiger charge is -2.19. The van der Waals surface area contributed by atoms with Crippen LogP contribution in [0.1, 0.15) is 34.5 Å². The van der Waals surface area contributed by atoms with Gasteiger partial charge in [-0.1, -0.05) is 24.3 Å². The van der Waals surface area contributed by atoms with Gasteiger partial charge in [0.2, 0.25) is 5.88 Å². The molecule has 1 atom stereocenters. The molecule has 5 rings (SSSR count). The zero-order valence-electron chi connectivity index (χ0n) is 18.4. The van der Waals surface area contributed by atoms with Crippen molar-refractivity contribution in [1.82, 2.24) is 9.78 Å². The van der Waals surface area contributed by atoms with Gasteiger partial charge in [0.15, 0.2) is 5.43 Å². The number of fused-ring (bicyclic) bond motifs is 2. The maximum absolute atomic E-state index is 14.2. The van der Waals surface area contributed by atoms with E-state index in [0.29, 0.717) is 33.1 Å². The first-order valence-electron chi connectivity index (χ1n) is 10.6. The summed E-state index contributed by atoms with van der Waals surface area (Å²) in [5, 5.41) is 17.7. The number of hydrogen-bond donors (Lipinski definition) is 2. The number of hydrogen-bond acceptors (Lipinski definition) is 5. The minimum Gasteiger partial charge on any atom is -0.478 e. The smallest absolute Gasteiger partial charge is 0.337 e. The normalized spacial score (nSPS) is 12.2. The van der Waals surface area contributed by atoms with E-state index < -0.39 is 17.8 Å². The van der Waals surface area contributed by atoms with E-state index in [0.717, 1.165) is 5.56 Å². The monoisotopic (exact) mass is 457 g/mol. The molecule has 2 aromatic heterocycles. The highest BCUT2D eigenvalue weighted by atomic mass is 19.1. The Kier molecular flexibility index (Phi) is 5.13. The molecule has 2 heterocycles. The zero-order chi connectivity index (χ0) is 24.0. The summed E-state index contributed by atoms with van der Waals surface area (Å²) in [5.74, 6) is -1.31. The van der Waals surface area contributed by atoms with Crippen molar-refractivity contribution in [3.8, 4) is 5.88 Å². The van der Waals surface area contributed by atoms with E-state index in [1.165, 1.54) is 29.1 Å². The van der Waals surface area contributed by atoms with Gasteiger partial charge in [-0.3, -0.25) is 4.79 Å². The summed E-state index contributed by atoms with van der Waals surface area (Å²) in [4.78, 5) is 24.7. The second kappa shape index (κ2) is 8.15. The first kappa shape index (κ1) is 21.4. The van der Waals surface area contributed by atoms with Gasteiger partial charge in [-0.25, -0.2) is 9.18 Å². The van der Waals surface area contributed by atoms with Crippen molar-refractivity contribution >= 4 is 33.5 Å². The number of aryl methyl sites for hydroxylation is 1. The summed E-state index contributed by atoms with van der Waals surface area (Å²) in [7, 11) is 0. The Labute approximate surface area is 193 Å². The molecule has 0 bridgehead atoms. The van der Waals surface area contributed by atoms with Crippen molar-refractivity contribution in [3.63, 3.8) is 0 Å². The predicted octanol–water partition coefficient (Wildman–Crippen LogP) is 5.45. The number of rotatable bonds is 5. The van der Waals surface area contributed by atoms with E-state index in [2.05, 4.69) is 10.4 Å². The fourth-order valence-corrected chi connectivity index (χ4v) is 4.15. The molecule has 0 fully saturated rings. The van der Waals surface area contributed by atoms with Crippen LogP contribution in [0.15, 0.2) is 76.1 Å². The first-order valence-corrected chi connectivity index (χ1v) is 10.6. The molecule has 3 aromatic carbocycles. The van der Waals surface area contributed by atoms with Crippen LogP contribution in [-0.4, -0.2) is 20.9 Å². The molecule has 8 heteroatoms. The molecule has 0 amide bonds. The molecule has 0 saturated heterocycles. The number of para-hydroxylation sites is 1. The highest BCUT2D eigenvalue weighted by molar-refractivity contribution is 5.94. The topological polar surface area (TPSA) is 97.4 Å². The molecule has 2 N–H and O–H groups in total. The van der Waals surface area contributed by atoms with Crippen LogP contribution in [0, 0.1) is 12.7 Å². The third kappa shape index (κ3) is 3.59. The lowest BCUT2D eigenvalue weighted by molar-refractivity contribution is 0.0698.